The number of hydrogen-bond acceptors (Lipinski definition) is 3. The van der Waals surface area contributed by atoms with E-state index in [1.54, 1.807) is 5.32 Å². The lowest BCUT2D eigenvalue weighted by Gasteiger charge is -2.19. The summed E-state index contributed by atoms with van der Waals surface area (Å²) < 4.78 is 184. The molecule has 0 aliphatic carbocycles. The van der Waals surface area contributed by atoms with E-state index in [1.807, 2.05) is 0 Å². The van der Waals surface area contributed by atoms with Crippen molar-refractivity contribution in [2.75, 3.05) is 11.5 Å². The fraction of sp³-hybridized carbons (Fsp3) is 0.348. The Kier molecular flexibility index (Phi) is 10.3. The highest BCUT2D eigenvalue weighted by molar-refractivity contribution is 9.10. The molecule has 1 amide bonds. The number of sulfone groups is 1. The Balaban J connectivity index is 2.46. The van der Waals surface area contributed by atoms with Crippen molar-refractivity contribution in [2.24, 2.45) is 0 Å². The van der Waals surface area contributed by atoms with E-state index in [0.29, 0.717) is 18.2 Å². The van der Waals surface area contributed by atoms with Crippen molar-refractivity contribution in [3.05, 3.63) is 74.8 Å². The molecule has 228 valence electrons. The lowest BCUT2D eigenvalue weighted by molar-refractivity contribution is -0.140. The molecule has 0 fully saturated rings. The molecule has 2 atom stereocenters. The molecule has 0 heterocycles. The standard InChI is InChI=1S/C23H16BrF12NO3S/c1-10(8-41(39,40)9-21(28,29)30)37-20(38)13-3-2-11(4-15(13)23(34,35)36)17(25)7-14(22(31,32)33)12-5-16(24)19(27)18(26)6-12/h2-7,10,14H,8-9H2,1H3,(H,37,38)/b17-7-/t10-,14?/m1/s1. The summed E-state index contributed by atoms with van der Waals surface area (Å²) in [5.74, 6) is -13.3. The van der Waals surface area contributed by atoms with E-state index in [0.717, 1.165) is 6.92 Å². The molecule has 0 radical (unpaired) electrons. The van der Waals surface area contributed by atoms with Gasteiger partial charge >= 0.3 is 18.5 Å². The summed E-state index contributed by atoms with van der Waals surface area (Å²) in [5, 5.41) is 1.77. The minimum absolute atomic E-state index is 0.0274. The molecular weight excluding hydrogens is 678 g/mol. The second-order valence-electron chi connectivity index (χ2n) is 8.63. The van der Waals surface area contributed by atoms with E-state index in [9.17, 15) is 65.9 Å². The van der Waals surface area contributed by atoms with Crippen molar-refractivity contribution in [3.8, 4) is 0 Å². The average Bonchev–Trinajstić information content (AvgIpc) is 2.76. The lowest BCUT2D eigenvalue weighted by Crippen LogP contribution is -2.40. The van der Waals surface area contributed by atoms with Crippen LogP contribution in [0.25, 0.3) is 5.83 Å². The highest BCUT2D eigenvalue weighted by atomic mass is 79.9. The van der Waals surface area contributed by atoms with Gasteiger partial charge in [-0.1, -0.05) is 6.07 Å². The number of amides is 1. The number of carbonyl (C=O) groups is 1. The summed E-state index contributed by atoms with van der Waals surface area (Å²) in [4.78, 5) is 12.4. The monoisotopic (exact) mass is 693 g/mol. The van der Waals surface area contributed by atoms with Gasteiger partial charge in [0.2, 0.25) is 0 Å². The maximum absolute atomic E-state index is 14.9. The third-order valence-electron chi connectivity index (χ3n) is 5.14. The normalized spacial score (nSPS) is 15.0. The van der Waals surface area contributed by atoms with Gasteiger partial charge in [0.1, 0.15) is 17.5 Å². The van der Waals surface area contributed by atoms with E-state index in [1.165, 1.54) is 0 Å². The van der Waals surface area contributed by atoms with Crippen molar-refractivity contribution in [3.63, 3.8) is 0 Å². The van der Waals surface area contributed by atoms with E-state index in [4.69, 9.17) is 0 Å². The van der Waals surface area contributed by atoms with Crippen LogP contribution in [0, 0.1) is 11.6 Å². The lowest BCUT2D eigenvalue weighted by atomic mass is 9.95. The molecule has 0 bridgehead atoms. The predicted molar refractivity (Wildman–Crippen MR) is 125 cm³/mol. The summed E-state index contributed by atoms with van der Waals surface area (Å²) in [6.45, 7) is 0.893. The molecule has 4 nitrogen and oxygen atoms in total. The van der Waals surface area contributed by atoms with Gasteiger partial charge in [-0.25, -0.2) is 21.6 Å². The summed E-state index contributed by atoms with van der Waals surface area (Å²) in [6.07, 6.45) is -16.0. The van der Waals surface area contributed by atoms with Gasteiger partial charge in [-0.3, -0.25) is 4.79 Å². The fourth-order valence-corrected chi connectivity index (χ4v) is 5.45. The summed E-state index contributed by atoms with van der Waals surface area (Å²) in [7, 11) is -4.84. The highest BCUT2D eigenvalue weighted by Gasteiger charge is 2.41. The Labute approximate surface area is 232 Å². The molecule has 1 N–H and O–H groups in total. The second-order valence-corrected chi connectivity index (χ2v) is 11.6. The maximum Gasteiger partial charge on any atom is 0.417 e. The Hall–Kier alpha value is -2.76. The maximum atomic E-state index is 14.9. The number of allylic oxidation sites excluding steroid dienone is 1. The summed E-state index contributed by atoms with van der Waals surface area (Å²) in [5.41, 5.74) is -5.22. The molecule has 0 saturated carbocycles. The molecule has 2 rings (SSSR count). The van der Waals surface area contributed by atoms with Crippen molar-refractivity contribution in [1.82, 2.24) is 5.32 Å². The summed E-state index contributed by atoms with van der Waals surface area (Å²) >= 11 is 2.50. The fourth-order valence-electron chi connectivity index (χ4n) is 3.53. The van der Waals surface area contributed by atoms with Crippen molar-refractivity contribution < 1.29 is 65.9 Å². The smallest absolute Gasteiger partial charge is 0.349 e. The van der Waals surface area contributed by atoms with Gasteiger partial charge in [0.05, 0.1) is 21.4 Å². The molecule has 2 aromatic carbocycles. The van der Waals surface area contributed by atoms with Crippen molar-refractivity contribution in [1.29, 1.82) is 0 Å². The van der Waals surface area contributed by atoms with E-state index < -0.39 is 102 Å². The Morgan fingerprint density at radius 3 is 2.07 bits per heavy atom. The SMILES string of the molecule is C[C@H](CS(=O)(=O)CC(F)(F)F)NC(=O)c1ccc(/C(F)=C/C(c2cc(F)c(F)c(Br)c2)C(F)(F)F)cc1C(F)(F)F. The first-order chi connectivity index (χ1) is 18.4. The van der Waals surface area contributed by atoms with Gasteiger partial charge in [0, 0.05) is 11.6 Å². The van der Waals surface area contributed by atoms with Gasteiger partial charge in [-0.2, -0.15) is 39.5 Å². The van der Waals surface area contributed by atoms with Crippen LogP contribution in [0.15, 0.2) is 40.9 Å². The molecule has 41 heavy (non-hydrogen) atoms. The Morgan fingerprint density at radius 1 is 1.00 bits per heavy atom. The van der Waals surface area contributed by atoms with E-state index in [-0.39, 0.29) is 18.2 Å². The highest BCUT2D eigenvalue weighted by Crippen LogP contribution is 2.41. The van der Waals surface area contributed by atoms with E-state index in [2.05, 4.69) is 15.9 Å². The third kappa shape index (κ3) is 9.65. The molecule has 0 aromatic heterocycles. The van der Waals surface area contributed by atoms with Gasteiger partial charge in [0.25, 0.3) is 5.91 Å². The van der Waals surface area contributed by atoms with Crippen LogP contribution in [0.5, 0.6) is 0 Å². The molecular formula is C23H16BrF12NO3S. The van der Waals surface area contributed by atoms with Crippen LogP contribution in [0.2, 0.25) is 0 Å². The number of alkyl halides is 9. The quantitative estimate of drug-likeness (QED) is 0.230. The van der Waals surface area contributed by atoms with Crippen molar-refractivity contribution >= 4 is 37.5 Å². The zero-order valence-electron chi connectivity index (χ0n) is 20.1. The first-order valence-corrected chi connectivity index (χ1v) is 13.4. The largest absolute Gasteiger partial charge is 0.417 e. The predicted octanol–water partition coefficient (Wildman–Crippen LogP) is 7.50. The van der Waals surface area contributed by atoms with Crippen LogP contribution in [0.4, 0.5) is 52.7 Å². The van der Waals surface area contributed by atoms with Crippen LogP contribution in [-0.4, -0.2) is 44.2 Å². The number of benzene rings is 2. The van der Waals surface area contributed by atoms with Crippen LogP contribution >= 0.6 is 15.9 Å². The minimum Gasteiger partial charge on any atom is -0.349 e. The average molecular weight is 694 g/mol. The number of halogens is 13. The Morgan fingerprint density at radius 2 is 1.59 bits per heavy atom. The van der Waals surface area contributed by atoms with Crippen LogP contribution in [-0.2, 0) is 16.0 Å². The molecule has 0 spiro atoms. The minimum atomic E-state index is -5.41. The first kappa shape index (κ1) is 34.4. The molecule has 0 aliphatic heterocycles. The van der Waals surface area contributed by atoms with Crippen LogP contribution in [0.3, 0.4) is 0 Å². The number of carbonyl (C=O) groups excluding carboxylic acids is 1. The van der Waals surface area contributed by atoms with E-state index >= 15 is 0 Å². The molecule has 1 unspecified atom stereocenters. The van der Waals surface area contributed by atoms with Gasteiger partial charge in [0.15, 0.2) is 21.5 Å². The van der Waals surface area contributed by atoms with Gasteiger partial charge in [-0.05, 0) is 58.8 Å². The number of rotatable bonds is 8. The van der Waals surface area contributed by atoms with Gasteiger partial charge in [-0.15, -0.1) is 0 Å². The van der Waals surface area contributed by atoms with Gasteiger partial charge < -0.3 is 5.32 Å². The zero-order valence-corrected chi connectivity index (χ0v) is 22.5. The number of hydrogen-bond donors (Lipinski definition) is 1. The molecule has 0 aliphatic rings. The van der Waals surface area contributed by atoms with Crippen LogP contribution in [0.1, 0.15) is 39.9 Å². The Bertz CT molecular complexity index is 1410. The van der Waals surface area contributed by atoms with Crippen molar-refractivity contribution in [2.45, 2.75) is 37.4 Å². The zero-order chi connectivity index (χ0) is 31.7. The molecule has 0 saturated heterocycles. The first-order valence-electron chi connectivity index (χ1n) is 10.8. The second kappa shape index (κ2) is 12.2. The molecule has 2 aromatic rings. The summed E-state index contributed by atoms with van der Waals surface area (Å²) in [6, 6.07) is -0.197. The van der Waals surface area contributed by atoms with Crippen LogP contribution < -0.4 is 5.32 Å². The third-order valence-corrected chi connectivity index (χ3v) is 7.49. The topological polar surface area (TPSA) is 63.2 Å². The number of nitrogens with one attached hydrogen (secondary N) is 1. The molecule has 18 heteroatoms.